The molecular weight excluding hydrogens is 342 g/mol. The fourth-order valence-electron chi connectivity index (χ4n) is 2.48. The standard InChI is InChI=1S/C15H15N7S2/c1-9-6-10(2)21-7-11(18-14(21)17-9)8-24-15-20-19-13(22(15)16)12-4-3-5-23-12/h3-7H,8,16H2,1-2H3. The van der Waals surface area contributed by atoms with Gasteiger partial charge in [-0.25, -0.2) is 14.6 Å². The van der Waals surface area contributed by atoms with Crippen molar-refractivity contribution in [2.75, 3.05) is 5.84 Å². The van der Waals surface area contributed by atoms with Crippen molar-refractivity contribution in [2.24, 2.45) is 0 Å². The molecule has 0 fully saturated rings. The van der Waals surface area contributed by atoms with Gasteiger partial charge < -0.3 is 5.84 Å². The first-order valence-corrected chi connectivity index (χ1v) is 9.18. The quantitative estimate of drug-likeness (QED) is 0.446. The van der Waals surface area contributed by atoms with Crippen LogP contribution in [0.5, 0.6) is 0 Å². The van der Waals surface area contributed by atoms with Crippen molar-refractivity contribution in [2.45, 2.75) is 24.8 Å². The maximum atomic E-state index is 6.12. The Labute approximate surface area is 146 Å². The van der Waals surface area contributed by atoms with Crippen LogP contribution in [-0.2, 0) is 5.75 Å². The van der Waals surface area contributed by atoms with Gasteiger partial charge in [0, 0.05) is 23.3 Å². The van der Waals surface area contributed by atoms with Crippen LogP contribution in [0.25, 0.3) is 16.5 Å². The van der Waals surface area contributed by atoms with Crippen LogP contribution < -0.4 is 5.84 Å². The average Bonchev–Trinajstić information content (AvgIpc) is 3.24. The van der Waals surface area contributed by atoms with Crippen LogP contribution in [0.15, 0.2) is 34.9 Å². The topological polar surface area (TPSA) is 86.9 Å². The van der Waals surface area contributed by atoms with Crippen LogP contribution in [0.2, 0.25) is 0 Å². The summed E-state index contributed by atoms with van der Waals surface area (Å²) < 4.78 is 3.52. The van der Waals surface area contributed by atoms with Crippen LogP contribution >= 0.6 is 23.1 Å². The average molecular weight is 357 g/mol. The molecular formula is C15H15N7S2. The molecule has 0 aliphatic heterocycles. The molecule has 4 aromatic rings. The Balaban J connectivity index is 1.56. The van der Waals surface area contributed by atoms with E-state index >= 15 is 0 Å². The minimum absolute atomic E-state index is 0.654. The van der Waals surface area contributed by atoms with E-state index in [2.05, 4.69) is 20.2 Å². The highest BCUT2D eigenvalue weighted by molar-refractivity contribution is 7.98. The lowest BCUT2D eigenvalue weighted by Gasteiger charge is -2.00. The van der Waals surface area contributed by atoms with E-state index in [-0.39, 0.29) is 0 Å². The lowest BCUT2D eigenvalue weighted by molar-refractivity contribution is 0.850. The largest absolute Gasteiger partial charge is 0.335 e. The highest BCUT2D eigenvalue weighted by atomic mass is 32.2. The summed E-state index contributed by atoms with van der Waals surface area (Å²) in [4.78, 5) is 10.0. The third-order valence-corrected chi connectivity index (χ3v) is 5.41. The number of thiophene rings is 1. The van der Waals surface area contributed by atoms with Crippen LogP contribution in [0, 0.1) is 13.8 Å². The molecule has 122 valence electrons. The van der Waals surface area contributed by atoms with E-state index in [1.54, 1.807) is 11.3 Å². The summed E-state index contributed by atoms with van der Waals surface area (Å²) in [6.07, 6.45) is 2.00. The van der Waals surface area contributed by atoms with Crippen molar-refractivity contribution in [1.29, 1.82) is 0 Å². The molecule has 0 aromatic carbocycles. The summed E-state index contributed by atoms with van der Waals surface area (Å²) in [5, 5.41) is 11.0. The summed E-state index contributed by atoms with van der Waals surface area (Å²) in [6.45, 7) is 4.02. The Bertz CT molecular complexity index is 1000. The first kappa shape index (κ1) is 15.2. The van der Waals surface area contributed by atoms with Gasteiger partial charge in [0.25, 0.3) is 0 Å². The zero-order chi connectivity index (χ0) is 16.7. The smallest absolute Gasteiger partial charge is 0.234 e. The van der Waals surface area contributed by atoms with Gasteiger partial charge in [0.15, 0.2) is 5.82 Å². The van der Waals surface area contributed by atoms with Gasteiger partial charge in [-0.1, -0.05) is 17.8 Å². The van der Waals surface area contributed by atoms with Gasteiger partial charge >= 0.3 is 0 Å². The fourth-order valence-corrected chi connectivity index (χ4v) is 3.92. The molecule has 0 bridgehead atoms. The van der Waals surface area contributed by atoms with Gasteiger partial charge in [-0.2, -0.15) is 0 Å². The van der Waals surface area contributed by atoms with Crippen molar-refractivity contribution in [3.05, 3.63) is 46.9 Å². The van der Waals surface area contributed by atoms with Gasteiger partial charge in [-0.3, -0.25) is 4.40 Å². The summed E-state index contributed by atoms with van der Waals surface area (Å²) >= 11 is 3.10. The van der Waals surface area contributed by atoms with E-state index in [0.29, 0.717) is 16.7 Å². The molecule has 0 radical (unpaired) electrons. The Kier molecular flexibility index (Phi) is 3.73. The van der Waals surface area contributed by atoms with Crippen molar-refractivity contribution in [3.8, 4) is 10.7 Å². The van der Waals surface area contributed by atoms with Crippen LogP contribution in [0.1, 0.15) is 17.1 Å². The lowest BCUT2D eigenvalue weighted by atomic mass is 10.3. The lowest BCUT2D eigenvalue weighted by Crippen LogP contribution is -2.11. The first-order valence-electron chi connectivity index (χ1n) is 7.31. The number of rotatable bonds is 4. The van der Waals surface area contributed by atoms with E-state index < -0.39 is 0 Å². The first-order chi connectivity index (χ1) is 11.6. The van der Waals surface area contributed by atoms with Gasteiger partial charge in [0.2, 0.25) is 10.9 Å². The predicted octanol–water partition coefficient (Wildman–Crippen LogP) is 2.67. The number of thioether (sulfide) groups is 1. The highest BCUT2D eigenvalue weighted by Crippen LogP contribution is 2.26. The molecule has 0 aliphatic carbocycles. The Morgan fingerprint density at radius 3 is 2.92 bits per heavy atom. The molecule has 2 N–H and O–H groups in total. The number of aromatic nitrogens is 6. The minimum atomic E-state index is 0.654. The predicted molar refractivity (Wildman–Crippen MR) is 95.5 cm³/mol. The Morgan fingerprint density at radius 1 is 1.25 bits per heavy atom. The molecule has 7 nitrogen and oxygen atoms in total. The SMILES string of the molecule is Cc1cc(C)n2cc(CSc3nnc(-c4cccs4)n3N)nc2n1. The molecule has 24 heavy (non-hydrogen) atoms. The number of nitrogens with zero attached hydrogens (tertiary/aromatic N) is 6. The Morgan fingerprint density at radius 2 is 2.12 bits per heavy atom. The number of aryl methyl sites for hydroxylation is 2. The molecule has 0 saturated heterocycles. The molecule has 0 atom stereocenters. The number of imidazole rings is 1. The minimum Gasteiger partial charge on any atom is -0.335 e. The van der Waals surface area contributed by atoms with Crippen LogP contribution in [-0.4, -0.2) is 29.2 Å². The van der Waals surface area contributed by atoms with Gasteiger partial charge in [-0.05, 0) is 31.4 Å². The molecule has 0 unspecified atom stereocenters. The van der Waals surface area contributed by atoms with Crippen LogP contribution in [0.4, 0.5) is 0 Å². The Hall–Kier alpha value is -2.39. The summed E-state index contributed by atoms with van der Waals surface area (Å²) in [5.74, 6) is 8.17. The van der Waals surface area contributed by atoms with E-state index in [4.69, 9.17) is 5.84 Å². The van der Waals surface area contributed by atoms with Crippen LogP contribution in [0.3, 0.4) is 0 Å². The molecule has 9 heteroatoms. The van der Waals surface area contributed by atoms with Gasteiger partial charge in [-0.15, -0.1) is 21.5 Å². The van der Waals surface area contributed by atoms with Crippen molar-refractivity contribution < 1.29 is 0 Å². The van der Waals surface area contributed by atoms with E-state index in [1.807, 2.05) is 48.0 Å². The fraction of sp³-hybridized carbons (Fsp3) is 0.200. The van der Waals surface area contributed by atoms with Crippen molar-refractivity contribution in [1.82, 2.24) is 29.2 Å². The number of fused-ring (bicyclic) bond motifs is 1. The normalized spacial score (nSPS) is 11.4. The summed E-state index contributed by atoms with van der Waals surface area (Å²) in [6, 6.07) is 5.98. The monoisotopic (exact) mass is 357 g/mol. The van der Waals surface area contributed by atoms with E-state index in [0.717, 1.165) is 27.7 Å². The maximum absolute atomic E-state index is 6.12. The number of hydrogen-bond acceptors (Lipinski definition) is 7. The van der Waals surface area contributed by atoms with Crippen molar-refractivity contribution in [3.63, 3.8) is 0 Å². The molecule has 0 spiro atoms. The number of hydrogen-bond donors (Lipinski definition) is 1. The number of nitrogen functional groups attached to an aromatic ring is 1. The zero-order valence-corrected chi connectivity index (χ0v) is 14.8. The van der Waals surface area contributed by atoms with E-state index in [1.165, 1.54) is 16.4 Å². The molecule has 0 amide bonds. The molecule has 4 rings (SSSR count). The summed E-state index contributed by atoms with van der Waals surface area (Å²) in [5.41, 5.74) is 3.01. The van der Waals surface area contributed by atoms with E-state index in [9.17, 15) is 0 Å². The van der Waals surface area contributed by atoms with Crippen molar-refractivity contribution >= 4 is 28.9 Å². The molecule has 4 heterocycles. The molecule has 4 aromatic heterocycles. The third kappa shape index (κ3) is 2.65. The van der Waals surface area contributed by atoms with Gasteiger partial charge in [0.05, 0.1) is 10.6 Å². The van der Waals surface area contributed by atoms with Gasteiger partial charge in [0.1, 0.15) is 0 Å². The third-order valence-electron chi connectivity index (χ3n) is 3.57. The second-order valence-electron chi connectivity index (χ2n) is 5.38. The zero-order valence-electron chi connectivity index (χ0n) is 13.2. The molecule has 0 saturated carbocycles. The second kappa shape index (κ2) is 5.91. The number of nitrogens with two attached hydrogens (primary N) is 1. The summed E-state index contributed by atoms with van der Waals surface area (Å²) in [7, 11) is 0. The highest BCUT2D eigenvalue weighted by Gasteiger charge is 2.14. The second-order valence-corrected chi connectivity index (χ2v) is 7.27. The maximum Gasteiger partial charge on any atom is 0.234 e. The molecule has 0 aliphatic rings.